The summed E-state index contributed by atoms with van der Waals surface area (Å²) in [5, 5.41) is 5.86. The van der Waals surface area contributed by atoms with Gasteiger partial charge in [-0.25, -0.2) is 8.78 Å². The van der Waals surface area contributed by atoms with E-state index in [0.29, 0.717) is 12.8 Å². The number of carbonyl (C=O) groups is 2. The maximum absolute atomic E-state index is 13.0. The van der Waals surface area contributed by atoms with Crippen LogP contribution in [0.2, 0.25) is 0 Å². The molecule has 0 aliphatic rings. The first kappa shape index (κ1) is 23.1. The van der Waals surface area contributed by atoms with Gasteiger partial charge in [-0.2, -0.15) is 0 Å². The van der Waals surface area contributed by atoms with E-state index in [9.17, 15) is 18.4 Å². The number of halogens is 2. The largest absolute Gasteiger partial charge is 0.354 e. The zero-order valence-corrected chi connectivity index (χ0v) is 17.7. The van der Waals surface area contributed by atoms with Crippen LogP contribution < -0.4 is 10.6 Å². The van der Waals surface area contributed by atoms with Gasteiger partial charge in [0.2, 0.25) is 11.8 Å². The minimum Gasteiger partial charge on any atom is -0.354 e. The Morgan fingerprint density at radius 1 is 0.688 bits per heavy atom. The molecule has 0 bridgehead atoms. The maximum Gasteiger partial charge on any atom is 0.220 e. The summed E-state index contributed by atoms with van der Waals surface area (Å²) in [6.07, 6.45) is 1.53. The molecular formula is C26H26F2N2O2. The van der Waals surface area contributed by atoms with Gasteiger partial charge in [-0.3, -0.25) is 9.59 Å². The van der Waals surface area contributed by atoms with E-state index in [1.165, 1.54) is 24.3 Å². The Bertz CT molecular complexity index is 1010. The molecule has 0 saturated heterocycles. The minimum atomic E-state index is -0.369. The van der Waals surface area contributed by atoms with E-state index >= 15 is 0 Å². The first-order chi connectivity index (χ1) is 15.5. The lowest BCUT2D eigenvalue weighted by Gasteiger charge is -2.20. The molecule has 166 valence electrons. The van der Waals surface area contributed by atoms with Crippen molar-refractivity contribution < 1.29 is 18.4 Å². The van der Waals surface area contributed by atoms with E-state index in [4.69, 9.17) is 0 Å². The molecule has 0 radical (unpaired) electrons. The number of benzene rings is 3. The molecule has 0 fully saturated rings. The second-order valence-corrected chi connectivity index (χ2v) is 7.59. The lowest BCUT2D eigenvalue weighted by molar-refractivity contribution is -0.123. The SMILES string of the molecule is O=C(CCc1ccc(F)cc1)NC[C@@H](NC(=O)CCc1ccc(F)cc1)c1ccccc1. The highest BCUT2D eigenvalue weighted by atomic mass is 19.1. The summed E-state index contributed by atoms with van der Waals surface area (Å²) >= 11 is 0. The maximum atomic E-state index is 13.0. The third kappa shape index (κ3) is 7.61. The Hall–Kier alpha value is -3.54. The fourth-order valence-corrected chi connectivity index (χ4v) is 3.33. The summed E-state index contributed by atoms with van der Waals surface area (Å²) in [4.78, 5) is 24.8. The molecular weight excluding hydrogens is 410 g/mol. The first-order valence-corrected chi connectivity index (χ1v) is 10.6. The predicted molar refractivity (Wildman–Crippen MR) is 120 cm³/mol. The molecule has 0 aliphatic heterocycles. The summed E-state index contributed by atoms with van der Waals surface area (Å²) in [7, 11) is 0. The molecule has 0 spiro atoms. The van der Waals surface area contributed by atoms with Crippen molar-refractivity contribution in [1.29, 1.82) is 0 Å². The Labute approximate surface area is 186 Å². The Balaban J connectivity index is 1.52. The number of hydrogen-bond acceptors (Lipinski definition) is 2. The van der Waals surface area contributed by atoms with E-state index in [0.717, 1.165) is 16.7 Å². The van der Waals surface area contributed by atoms with E-state index in [1.54, 1.807) is 24.3 Å². The molecule has 1 atom stereocenters. The van der Waals surface area contributed by atoms with Crippen LogP contribution in [0, 0.1) is 11.6 Å². The molecule has 32 heavy (non-hydrogen) atoms. The predicted octanol–water partition coefficient (Wildman–Crippen LogP) is 4.50. The lowest BCUT2D eigenvalue weighted by atomic mass is 10.1. The van der Waals surface area contributed by atoms with Crippen molar-refractivity contribution in [2.75, 3.05) is 6.54 Å². The second-order valence-electron chi connectivity index (χ2n) is 7.59. The van der Waals surface area contributed by atoms with Crippen LogP contribution in [-0.4, -0.2) is 18.4 Å². The zero-order valence-electron chi connectivity index (χ0n) is 17.7. The third-order valence-corrected chi connectivity index (χ3v) is 5.15. The van der Waals surface area contributed by atoms with Crippen molar-refractivity contribution in [2.24, 2.45) is 0 Å². The molecule has 0 unspecified atom stereocenters. The average Bonchev–Trinajstić information content (AvgIpc) is 2.81. The molecule has 0 saturated carbocycles. The van der Waals surface area contributed by atoms with Gasteiger partial charge in [-0.1, -0.05) is 54.6 Å². The van der Waals surface area contributed by atoms with E-state index in [1.807, 2.05) is 30.3 Å². The molecule has 0 aromatic heterocycles. The van der Waals surface area contributed by atoms with Gasteiger partial charge in [0.05, 0.1) is 6.04 Å². The van der Waals surface area contributed by atoms with Gasteiger partial charge in [0.25, 0.3) is 0 Å². The highest BCUT2D eigenvalue weighted by Crippen LogP contribution is 2.13. The monoisotopic (exact) mass is 436 g/mol. The average molecular weight is 437 g/mol. The van der Waals surface area contributed by atoms with Crippen molar-refractivity contribution in [2.45, 2.75) is 31.7 Å². The molecule has 6 heteroatoms. The molecule has 4 nitrogen and oxygen atoms in total. The summed E-state index contributed by atoms with van der Waals surface area (Å²) in [5.74, 6) is -0.906. The third-order valence-electron chi connectivity index (χ3n) is 5.15. The Kier molecular flexibility index (Phi) is 8.49. The van der Waals surface area contributed by atoms with Crippen molar-refractivity contribution in [3.8, 4) is 0 Å². The van der Waals surface area contributed by atoms with E-state index in [2.05, 4.69) is 10.6 Å². The number of hydrogen-bond donors (Lipinski definition) is 2. The van der Waals surface area contributed by atoms with Gasteiger partial charge in [-0.05, 0) is 53.8 Å². The molecule has 2 amide bonds. The van der Waals surface area contributed by atoms with Crippen LogP contribution in [0.4, 0.5) is 8.78 Å². The number of nitrogens with one attached hydrogen (secondary N) is 2. The molecule has 3 rings (SSSR count). The minimum absolute atomic E-state index is 0.143. The van der Waals surface area contributed by atoms with Crippen LogP contribution in [0.5, 0.6) is 0 Å². The van der Waals surface area contributed by atoms with Gasteiger partial charge in [0.15, 0.2) is 0 Å². The van der Waals surface area contributed by atoms with Gasteiger partial charge in [0.1, 0.15) is 11.6 Å². The number of carbonyl (C=O) groups excluding carboxylic acids is 2. The molecule has 3 aromatic carbocycles. The van der Waals surface area contributed by atoms with Crippen molar-refractivity contribution in [1.82, 2.24) is 10.6 Å². The number of amides is 2. The van der Waals surface area contributed by atoms with Gasteiger partial charge in [-0.15, -0.1) is 0 Å². The second kappa shape index (κ2) is 11.7. The smallest absolute Gasteiger partial charge is 0.220 e. The Morgan fingerprint density at radius 2 is 1.19 bits per heavy atom. The summed E-state index contributed by atoms with van der Waals surface area (Å²) < 4.78 is 26.0. The van der Waals surface area contributed by atoms with E-state index in [-0.39, 0.29) is 48.9 Å². The molecule has 0 aliphatic carbocycles. The summed E-state index contributed by atoms with van der Waals surface area (Å²) in [6.45, 7) is 0.258. The fourth-order valence-electron chi connectivity index (χ4n) is 3.33. The summed E-state index contributed by atoms with van der Waals surface area (Å²) in [6, 6.07) is 21.2. The summed E-state index contributed by atoms with van der Waals surface area (Å²) in [5.41, 5.74) is 2.66. The standard InChI is InChI=1S/C26H26F2N2O2/c27-22-12-6-19(7-13-22)10-16-25(31)29-18-24(21-4-2-1-3-5-21)30-26(32)17-11-20-8-14-23(28)15-9-20/h1-9,12-15,24H,10-11,16-18H2,(H,29,31)(H,30,32)/t24-/m1/s1. The van der Waals surface area contributed by atoms with Crippen LogP contribution in [-0.2, 0) is 22.4 Å². The number of rotatable bonds is 10. The van der Waals surface area contributed by atoms with Crippen molar-refractivity contribution >= 4 is 11.8 Å². The fraction of sp³-hybridized carbons (Fsp3) is 0.231. The lowest BCUT2D eigenvalue weighted by Crippen LogP contribution is -2.38. The van der Waals surface area contributed by atoms with Crippen LogP contribution in [0.25, 0.3) is 0 Å². The zero-order chi connectivity index (χ0) is 22.8. The number of aryl methyl sites for hydroxylation is 2. The topological polar surface area (TPSA) is 58.2 Å². The van der Waals surface area contributed by atoms with Gasteiger partial charge < -0.3 is 10.6 Å². The van der Waals surface area contributed by atoms with Crippen LogP contribution in [0.1, 0.15) is 35.6 Å². The Morgan fingerprint density at radius 3 is 1.72 bits per heavy atom. The first-order valence-electron chi connectivity index (χ1n) is 10.6. The normalized spacial score (nSPS) is 11.6. The van der Waals surface area contributed by atoms with Crippen molar-refractivity contribution in [3.05, 3.63) is 107 Å². The highest BCUT2D eigenvalue weighted by molar-refractivity contribution is 5.78. The molecule has 3 aromatic rings. The van der Waals surface area contributed by atoms with Crippen LogP contribution in [0.3, 0.4) is 0 Å². The highest BCUT2D eigenvalue weighted by Gasteiger charge is 2.16. The molecule has 2 N–H and O–H groups in total. The quantitative estimate of drug-likeness (QED) is 0.492. The van der Waals surface area contributed by atoms with Crippen molar-refractivity contribution in [3.63, 3.8) is 0 Å². The van der Waals surface area contributed by atoms with Crippen LogP contribution in [0.15, 0.2) is 78.9 Å². The van der Waals surface area contributed by atoms with Crippen LogP contribution >= 0.6 is 0 Å². The van der Waals surface area contributed by atoms with E-state index < -0.39 is 0 Å². The van der Waals surface area contributed by atoms with Gasteiger partial charge >= 0.3 is 0 Å². The van der Waals surface area contributed by atoms with Gasteiger partial charge in [0, 0.05) is 19.4 Å². The molecule has 0 heterocycles.